The lowest BCUT2D eigenvalue weighted by atomic mass is 10.2. The van der Waals surface area contributed by atoms with Gasteiger partial charge in [0.2, 0.25) is 5.91 Å². The van der Waals surface area contributed by atoms with E-state index in [0.717, 1.165) is 24.3 Å². The standard InChI is InChI=1S/C17H17N3O2/c1-12-4-2-5-15(18-12)17(22)19-13-7-9-14(10-8-13)20-11-3-6-16(20)21/h2,4-5,7-10H,3,6,11H2,1H3,(H,19,22). The van der Waals surface area contributed by atoms with Gasteiger partial charge >= 0.3 is 0 Å². The van der Waals surface area contributed by atoms with Gasteiger partial charge in [0.25, 0.3) is 5.91 Å². The van der Waals surface area contributed by atoms with E-state index in [1.807, 2.05) is 25.1 Å². The average Bonchev–Trinajstić information content (AvgIpc) is 2.94. The van der Waals surface area contributed by atoms with E-state index in [-0.39, 0.29) is 11.8 Å². The molecule has 0 spiro atoms. The molecule has 1 saturated heterocycles. The van der Waals surface area contributed by atoms with Crippen molar-refractivity contribution in [1.82, 2.24) is 4.98 Å². The molecule has 0 saturated carbocycles. The first-order valence-electron chi connectivity index (χ1n) is 7.29. The number of aryl methyl sites for hydroxylation is 1. The third kappa shape index (κ3) is 2.98. The highest BCUT2D eigenvalue weighted by atomic mass is 16.2. The fourth-order valence-electron chi connectivity index (χ4n) is 2.51. The SMILES string of the molecule is Cc1cccc(C(=O)Nc2ccc(N3CCCC3=O)cc2)n1. The van der Waals surface area contributed by atoms with Crippen LogP contribution in [-0.2, 0) is 4.79 Å². The van der Waals surface area contributed by atoms with Crippen molar-refractivity contribution in [2.75, 3.05) is 16.8 Å². The van der Waals surface area contributed by atoms with Crippen molar-refractivity contribution in [2.45, 2.75) is 19.8 Å². The van der Waals surface area contributed by atoms with Crippen LogP contribution in [0.25, 0.3) is 0 Å². The minimum Gasteiger partial charge on any atom is -0.321 e. The number of nitrogens with zero attached hydrogens (tertiary/aromatic N) is 2. The Kier molecular flexibility index (Phi) is 3.87. The molecule has 2 amide bonds. The van der Waals surface area contributed by atoms with Crippen LogP contribution in [-0.4, -0.2) is 23.3 Å². The molecule has 1 aliphatic heterocycles. The van der Waals surface area contributed by atoms with Crippen LogP contribution < -0.4 is 10.2 Å². The number of hydrogen-bond acceptors (Lipinski definition) is 3. The Balaban J connectivity index is 1.71. The predicted molar refractivity (Wildman–Crippen MR) is 85.0 cm³/mol. The highest BCUT2D eigenvalue weighted by molar-refractivity contribution is 6.03. The number of nitrogens with one attached hydrogen (secondary N) is 1. The van der Waals surface area contributed by atoms with Crippen LogP contribution in [0.3, 0.4) is 0 Å². The molecule has 1 N–H and O–H groups in total. The van der Waals surface area contributed by atoms with Crippen molar-refractivity contribution in [1.29, 1.82) is 0 Å². The van der Waals surface area contributed by atoms with E-state index < -0.39 is 0 Å². The monoisotopic (exact) mass is 295 g/mol. The maximum atomic E-state index is 12.1. The number of carbonyl (C=O) groups is 2. The van der Waals surface area contributed by atoms with Crippen LogP contribution in [0.5, 0.6) is 0 Å². The van der Waals surface area contributed by atoms with Gasteiger partial charge in [-0.15, -0.1) is 0 Å². The maximum absolute atomic E-state index is 12.1. The van der Waals surface area contributed by atoms with Gasteiger partial charge < -0.3 is 10.2 Å². The molecule has 0 bridgehead atoms. The molecule has 0 radical (unpaired) electrons. The summed E-state index contributed by atoms with van der Waals surface area (Å²) >= 11 is 0. The number of carbonyl (C=O) groups excluding carboxylic acids is 2. The smallest absolute Gasteiger partial charge is 0.274 e. The summed E-state index contributed by atoms with van der Waals surface area (Å²) in [5.74, 6) is -0.0885. The van der Waals surface area contributed by atoms with Crippen molar-refractivity contribution < 1.29 is 9.59 Å². The van der Waals surface area contributed by atoms with E-state index in [1.165, 1.54) is 0 Å². The molecule has 0 unspecified atom stereocenters. The molecule has 1 fully saturated rings. The third-order valence-corrected chi connectivity index (χ3v) is 3.63. The minimum atomic E-state index is -0.242. The largest absolute Gasteiger partial charge is 0.321 e. The summed E-state index contributed by atoms with van der Waals surface area (Å²) in [6, 6.07) is 12.6. The lowest BCUT2D eigenvalue weighted by Crippen LogP contribution is -2.23. The van der Waals surface area contributed by atoms with Gasteiger partial charge in [-0.2, -0.15) is 0 Å². The predicted octanol–water partition coefficient (Wildman–Crippen LogP) is 2.77. The molecular weight excluding hydrogens is 278 g/mol. The topological polar surface area (TPSA) is 62.3 Å². The second-order valence-corrected chi connectivity index (χ2v) is 5.31. The first-order chi connectivity index (χ1) is 10.6. The summed E-state index contributed by atoms with van der Waals surface area (Å²) in [6.45, 7) is 2.61. The van der Waals surface area contributed by atoms with E-state index >= 15 is 0 Å². The highest BCUT2D eigenvalue weighted by Gasteiger charge is 2.21. The fraction of sp³-hybridized carbons (Fsp3) is 0.235. The van der Waals surface area contributed by atoms with Crippen LogP contribution in [0.1, 0.15) is 29.0 Å². The molecule has 1 aromatic heterocycles. The Bertz CT molecular complexity index is 710. The molecule has 112 valence electrons. The first kappa shape index (κ1) is 14.3. The number of amides is 2. The van der Waals surface area contributed by atoms with Crippen molar-refractivity contribution in [3.05, 3.63) is 53.9 Å². The Labute approximate surface area is 129 Å². The van der Waals surface area contributed by atoms with Gasteiger partial charge in [-0.05, 0) is 49.7 Å². The second kappa shape index (κ2) is 5.97. The number of benzene rings is 1. The fourth-order valence-corrected chi connectivity index (χ4v) is 2.51. The summed E-state index contributed by atoms with van der Waals surface area (Å²) in [5, 5.41) is 2.81. The molecule has 5 heteroatoms. The Morgan fingerprint density at radius 2 is 1.95 bits per heavy atom. The number of pyridine rings is 1. The second-order valence-electron chi connectivity index (χ2n) is 5.31. The number of anilines is 2. The Hall–Kier alpha value is -2.69. The molecule has 22 heavy (non-hydrogen) atoms. The Morgan fingerprint density at radius 3 is 2.59 bits per heavy atom. The molecule has 2 heterocycles. The van der Waals surface area contributed by atoms with Crippen LogP contribution in [0.4, 0.5) is 11.4 Å². The number of hydrogen-bond donors (Lipinski definition) is 1. The number of aromatic nitrogens is 1. The van der Waals surface area contributed by atoms with Crippen molar-refractivity contribution >= 4 is 23.2 Å². The zero-order valence-electron chi connectivity index (χ0n) is 12.4. The zero-order valence-corrected chi connectivity index (χ0v) is 12.4. The minimum absolute atomic E-state index is 0.153. The van der Waals surface area contributed by atoms with Gasteiger partial charge in [-0.1, -0.05) is 6.07 Å². The summed E-state index contributed by atoms with van der Waals surface area (Å²) in [7, 11) is 0. The Morgan fingerprint density at radius 1 is 1.18 bits per heavy atom. The van der Waals surface area contributed by atoms with Crippen molar-refractivity contribution in [3.63, 3.8) is 0 Å². The average molecular weight is 295 g/mol. The van der Waals surface area contributed by atoms with E-state index in [0.29, 0.717) is 17.8 Å². The van der Waals surface area contributed by atoms with Gasteiger partial charge in [0.15, 0.2) is 0 Å². The van der Waals surface area contributed by atoms with Crippen LogP contribution in [0.2, 0.25) is 0 Å². The van der Waals surface area contributed by atoms with E-state index in [9.17, 15) is 9.59 Å². The number of rotatable bonds is 3. The molecule has 2 aromatic rings. The molecule has 3 rings (SSSR count). The van der Waals surface area contributed by atoms with Crippen LogP contribution in [0.15, 0.2) is 42.5 Å². The van der Waals surface area contributed by atoms with Crippen LogP contribution >= 0.6 is 0 Å². The molecular formula is C17H17N3O2. The molecule has 0 aliphatic carbocycles. The quantitative estimate of drug-likeness (QED) is 0.947. The van der Waals surface area contributed by atoms with Crippen molar-refractivity contribution in [3.8, 4) is 0 Å². The highest BCUT2D eigenvalue weighted by Crippen LogP contribution is 2.23. The molecule has 1 aromatic carbocycles. The summed E-state index contributed by atoms with van der Waals surface area (Å²) in [5.41, 5.74) is 2.74. The van der Waals surface area contributed by atoms with Crippen molar-refractivity contribution in [2.24, 2.45) is 0 Å². The normalized spacial score (nSPS) is 14.2. The molecule has 0 atom stereocenters. The molecule has 1 aliphatic rings. The van der Waals surface area contributed by atoms with Gasteiger partial charge in [0.1, 0.15) is 5.69 Å². The van der Waals surface area contributed by atoms with Gasteiger partial charge in [0, 0.05) is 30.0 Å². The van der Waals surface area contributed by atoms with Gasteiger partial charge in [-0.25, -0.2) is 4.98 Å². The van der Waals surface area contributed by atoms with Crippen LogP contribution in [0, 0.1) is 6.92 Å². The van der Waals surface area contributed by atoms with Gasteiger partial charge in [-0.3, -0.25) is 9.59 Å². The lowest BCUT2D eigenvalue weighted by molar-refractivity contribution is -0.117. The third-order valence-electron chi connectivity index (χ3n) is 3.63. The lowest BCUT2D eigenvalue weighted by Gasteiger charge is -2.16. The zero-order chi connectivity index (χ0) is 15.5. The summed E-state index contributed by atoms with van der Waals surface area (Å²) in [6.07, 6.45) is 1.51. The van der Waals surface area contributed by atoms with E-state index in [1.54, 1.807) is 29.2 Å². The molecule has 5 nitrogen and oxygen atoms in total. The van der Waals surface area contributed by atoms with E-state index in [4.69, 9.17) is 0 Å². The van der Waals surface area contributed by atoms with Gasteiger partial charge in [0.05, 0.1) is 0 Å². The first-order valence-corrected chi connectivity index (χ1v) is 7.29. The summed E-state index contributed by atoms with van der Waals surface area (Å²) in [4.78, 5) is 29.8. The maximum Gasteiger partial charge on any atom is 0.274 e. The van der Waals surface area contributed by atoms with E-state index in [2.05, 4.69) is 10.3 Å². The summed E-state index contributed by atoms with van der Waals surface area (Å²) < 4.78 is 0.